The SMILES string of the molecule is CCOCCn1cc(C(=C(F)B2OC(C)(C)C(C)(C)O2)C(F)(F)F)cn1. The number of halogens is 4. The van der Waals surface area contributed by atoms with Crippen LogP contribution < -0.4 is 0 Å². The van der Waals surface area contributed by atoms with E-state index in [1.165, 1.54) is 4.68 Å². The highest BCUT2D eigenvalue weighted by Crippen LogP contribution is 2.43. The zero-order valence-corrected chi connectivity index (χ0v) is 15.5. The van der Waals surface area contributed by atoms with Crippen LogP contribution in [0.5, 0.6) is 0 Å². The van der Waals surface area contributed by atoms with Gasteiger partial charge < -0.3 is 14.0 Å². The molecule has 0 aliphatic carbocycles. The number of aromatic nitrogens is 2. The van der Waals surface area contributed by atoms with Crippen LogP contribution in [0.1, 0.15) is 40.2 Å². The van der Waals surface area contributed by atoms with Gasteiger partial charge in [0.05, 0.1) is 36.1 Å². The van der Waals surface area contributed by atoms with Crippen LogP contribution in [-0.4, -0.2) is 47.5 Å². The molecule has 2 heterocycles. The molecule has 1 saturated heterocycles. The molecule has 26 heavy (non-hydrogen) atoms. The maximum absolute atomic E-state index is 14.8. The van der Waals surface area contributed by atoms with Gasteiger partial charge in [-0.1, -0.05) is 0 Å². The molecule has 0 atom stereocenters. The van der Waals surface area contributed by atoms with Gasteiger partial charge in [-0.25, -0.2) is 4.39 Å². The summed E-state index contributed by atoms with van der Waals surface area (Å²) in [5.74, 6) is 0. The summed E-state index contributed by atoms with van der Waals surface area (Å²) in [6.07, 6.45) is -2.83. The Morgan fingerprint density at radius 3 is 2.31 bits per heavy atom. The predicted molar refractivity (Wildman–Crippen MR) is 88.9 cm³/mol. The molecule has 1 aromatic heterocycles. The molecule has 0 amide bonds. The monoisotopic (exact) mass is 378 g/mol. The average molecular weight is 378 g/mol. The van der Waals surface area contributed by atoms with Crippen molar-refractivity contribution in [3.05, 3.63) is 23.7 Å². The van der Waals surface area contributed by atoms with Crippen LogP contribution >= 0.6 is 0 Å². The molecule has 0 unspecified atom stereocenters. The second-order valence-electron chi connectivity index (χ2n) is 7.00. The van der Waals surface area contributed by atoms with E-state index < -0.39 is 35.8 Å². The van der Waals surface area contributed by atoms with Gasteiger partial charge in [0.15, 0.2) is 0 Å². The maximum atomic E-state index is 14.8. The van der Waals surface area contributed by atoms with Gasteiger partial charge in [-0.05, 0) is 34.6 Å². The number of hydrogen-bond donors (Lipinski definition) is 0. The highest BCUT2D eigenvalue weighted by molar-refractivity contribution is 6.55. The summed E-state index contributed by atoms with van der Waals surface area (Å²) >= 11 is 0. The van der Waals surface area contributed by atoms with Gasteiger partial charge >= 0.3 is 13.3 Å². The summed E-state index contributed by atoms with van der Waals surface area (Å²) in [6, 6.07) is 0. The lowest BCUT2D eigenvalue weighted by Gasteiger charge is -2.32. The van der Waals surface area contributed by atoms with E-state index in [-0.39, 0.29) is 12.1 Å². The van der Waals surface area contributed by atoms with Crippen molar-refractivity contribution in [1.82, 2.24) is 9.78 Å². The molecule has 1 aromatic rings. The summed E-state index contributed by atoms with van der Waals surface area (Å²) < 4.78 is 72.7. The van der Waals surface area contributed by atoms with Crippen molar-refractivity contribution >= 4 is 12.7 Å². The summed E-state index contributed by atoms with van der Waals surface area (Å²) in [4.78, 5) is 0. The smallest absolute Gasteiger partial charge is 0.398 e. The highest BCUT2D eigenvalue weighted by atomic mass is 19.4. The molecule has 146 valence electrons. The van der Waals surface area contributed by atoms with Gasteiger partial charge in [0.2, 0.25) is 0 Å². The Labute approximate surface area is 150 Å². The van der Waals surface area contributed by atoms with Crippen LogP contribution in [0.3, 0.4) is 0 Å². The van der Waals surface area contributed by atoms with E-state index in [1.807, 2.05) is 0 Å². The Hall–Kier alpha value is -1.39. The first-order valence-electron chi connectivity index (χ1n) is 8.32. The molecule has 0 saturated carbocycles. The Balaban J connectivity index is 2.35. The van der Waals surface area contributed by atoms with Crippen molar-refractivity contribution in [1.29, 1.82) is 0 Å². The van der Waals surface area contributed by atoms with Gasteiger partial charge in [0.1, 0.15) is 5.73 Å². The van der Waals surface area contributed by atoms with E-state index in [4.69, 9.17) is 14.0 Å². The minimum absolute atomic E-state index is 0.261. The van der Waals surface area contributed by atoms with Gasteiger partial charge in [-0.2, -0.15) is 18.3 Å². The fraction of sp³-hybridized carbons (Fsp3) is 0.688. The normalized spacial score (nSPS) is 20.4. The lowest BCUT2D eigenvalue weighted by atomic mass is 9.83. The highest BCUT2D eigenvalue weighted by Gasteiger charge is 2.55. The van der Waals surface area contributed by atoms with Crippen molar-refractivity contribution in [3.8, 4) is 0 Å². The number of ether oxygens (including phenoxy) is 1. The molecule has 10 heteroatoms. The molecule has 1 aliphatic heterocycles. The van der Waals surface area contributed by atoms with Gasteiger partial charge in [-0.3, -0.25) is 4.68 Å². The van der Waals surface area contributed by atoms with E-state index in [9.17, 15) is 17.6 Å². The molecule has 0 bridgehead atoms. The molecule has 0 aromatic carbocycles. The molecular formula is C16H23BF4N2O3. The van der Waals surface area contributed by atoms with Crippen LogP contribution in [0.15, 0.2) is 18.1 Å². The molecule has 0 spiro atoms. The first-order valence-corrected chi connectivity index (χ1v) is 8.32. The van der Waals surface area contributed by atoms with Gasteiger partial charge in [0, 0.05) is 18.4 Å². The third-order valence-electron chi connectivity index (χ3n) is 4.57. The van der Waals surface area contributed by atoms with Crippen LogP contribution in [0, 0.1) is 0 Å². The number of hydrogen-bond acceptors (Lipinski definition) is 4. The number of nitrogens with zero attached hydrogens (tertiary/aromatic N) is 2. The number of rotatable bonds is 6. The third kappa shape index (κ3) is 4.29. The summed E-state index contributed by atoms with van der Waals surface area (Å²) in [5, 5.41) is 3.84. The Morgan fingerprint density at radius 1 is 1.23 bits per heavy atom. The zero-order valence-electron chi connectivity index (χ0n) is 15.5. The molecule has 0 N–H and O–H groups in total. The minimum Gasteiger partial charge on any atom is -0.398 e. The Bertz CT molecular complexity index is 655. The quantitative estimate of drug-likeness (QED) is 0.429. The zero-order chi connectivity index (χ0) is 19.8. The standard InChI is InChI=1S/C16H23BF4N2O3/c1-6-24-8-7-23-10-11(9-22-23)12(16(19,20)21)13(18)17-25-14(2,3)15(4,5)26-17/h9-10H,6-8H2,1-5H3. The van der Waals surface area contributed by atoms with Crippen molar-refractivity contribution in [2.75, 3.05) is 13.2 Å². The number of alkyl halides is 3. The van der Waals surface area contributed by atoms with E-state index >= 15 is 0 Å². The van der Waals surface area contributed by atoms with E-state index in [1.54, 1.807) is 34.6 Å². The second-order valence-corrected chi connectivity index (χ2v) is 7.00. The maximum Gasteiger partial charge on any atom is 0.525 e. The molecular weight excluding hydrogens is 355 g/mol. The van der Waals surface area contributed by atoms with Crippen molar-refractivity contribution in [2.24, 2.45) is 0 Å². The Kier molecular flexibility index (Phi) is 5.89. The second kappa shape index (κ2) is 7.32. The molecule has 0 radical (unpaired) electrons. The largest absolute Gasteiger partial charge is 0.525 e. The first kappa shape index (κ1) is 20.9. The predicted octanol–water partition coefficient (Wildman–Crippen LogP) is 3.79. The fourth-order valence-electron chi connectivity index (χ4n) is 2.42. The average Bonchev–Trinajstić information content (AvgIpc) is 3.01. The minimum atomic E-state index is -4.93. The topological polar surface area (TPSA) is 45.5 Å². The Morgan fingerprint density at radius 2 is 1.81 bits per heavy atom. The lowest BCUT2D eigenvalue weighted by molar-refractivity contribution is -0.0699. The summed E-state index contributed by atoms with van der Waals surface area (Å²) in [7, 11) is -1.73. The first-order chi connectivity index (χ1) is 11.9. The van der Waals surface area contributed by atoms with E-state index in [2.05, 4.69) is 5.10 Å². The lowest BCUT2D eigenvalue weighted by Crippen LogP contribution is -2.41. The van der Waals surface area contributed by atoms with Crippen LogP contribution in [0.25, 0.3) is 5.57 Å². The van der Waals surface area contributed by atoms with Gasteiger partial charge in [-0.15, -0.1) is 0 Å². The molecule has 1 fully saturated rings. The van der Waals surface area contributed by atoms with E-state index in [0.717, 1.165) is 12.4 Å². The summed E-state index contributed by atoms with van der Waals surface area (Å²) in [5.41, 5.74) is -5.25. The van der Waals surface area contributed by atoms with Crippen molar-refractivity contribution in [2.45, 2.75) is 58.5 Å². The van der Waals surface area contributed by atoms with Gasteiger partial charge in [0.25, 0.3) is 0 Å². The molecule has 5 nitrogen and oxygen atoms in total. The van der Waals surface area contributed by atoms with Crippen molar-refractivity contribution < 1.29 is 31.6 Å². The molecule has 2 rings (SSSR count). The fourth-order valence-corrected chi connectivity index (χ4v) is 2.42. The molecule has 1 aliphatic rings. The van der Waals surface area contributed by atoms with Crippen LogP contribution in [0.2, 0.25) is 0 Å². The third-order valence-corrected chi connectivity index (χ3v) is 4.57. The number of allylic oxidation sites excluding steroid dienone is 1. The van der Waals surface area contributed by atoms with Crippen LogP contribution in [0.4, 0.5) is 17.6 Å². The van der Waals surface area contributed by atoms with Crippen molar-refractivity contribution in [3.63, 3.8) is 0 Å². The van der Waals surface area contributed by atoms with E-state index in [0.29, 0.717) is 13.2 Å². The van der Waals surface area contributed by atoms with Crippen LogP contribution in [-0.2, 0) is 20.6 Å². The summed E-state index contributed by atoms with van der Waals surface area (Å²) in [6.45, 7) is 9.40.